The number of benzene rings is 1. The molecule has 1 aromatic carbocycles. The lowest BCUT2D eigenvalue weighted by Gasteiger charge is -2.34. The number of nitrogens with one attached hydrogen (secondary N) is 1. The van der Waals surface area contributed by atoms with Crippen molar-refractivity contribution in [3.05, 3.63) is 34.3 Å². The van der Waals surface area contributed by atoms with Gasteiger partial charge in [-0.05, 0) is 37.1 Å². The molecule has 3 rings (SSSR count). The van der Waals surface area contributed by atoms with Crippen LogP contribution in [0.3, 0.4) is 0 Å². The van der Waals surface area contributed by atoms with Gasteiger partial charge in [0.15, 0.2) is 0 Å². The molecule has 2 unspecified atom stereocenters. The van der Waals surface area contributed by atoms with E-state index in [-0.39, 0.29) is 30.5 Å². The molecule has 0 radical (unpaired) electrons. The number of hydrogen-bond donors (Lipinski definition) is 1. The number of nitrogens with zero attached hydrogens (tertiary/aromatic N) is 1. The highest BCUT2D eigenvalue weighted by molar-refractivity contribution is 9.10. The SMILES string of the molecule is Cl.O=C(C1CCCN1)N1CCOC(c2ccc(Br)cc2)C1. The summed E-state index contributed by atoms with van der Waals surface area (Å²) in [4.78, 5) is 14.4. The summed E-state index contributed by atoms with van der Waals surface area (Å²) in [5.74, 6) is 0.230. The van der Waals surface area contributed by atoms with Crippen molar-refractivity contribution < 1.29 is 9.53 Å². The highest BCUT2D eigenvalue weighted by Gasteiger charge is 2.31. The molecule has 0 aromatic heterocycles. The molecule has 21 heavy (non-hydrogen) atoms. The Kier molecular flexibility index (Phi) is 6.05. The van der Waals surface area contributed by atoms with Crippen LogP contribution in [0.25, 0.3) is 0 Å². The molecule has 116 valence electrons. The maximum Gasteiger partial charge on any atom is 0.239 e. The Balaban J connectivity index is 0.00000161. The molecule has 0 spiro atoms. The third-order valence-corrected chi connectivity index (χ3v) is 4.51. The number of carbonyl (C=O) groups is 1. The zero-order valence-corrected chi connectivity index (χ0v) is 14.2. The van der Waals surface area contributed by atoms with Crippen molar-refractivity contribution in [3.8, 4) is 0 Å². The van der Waals surface area contributed by atoms with E-state index in [1.54, 1.807) is 0 Å². The molecular formula is C15H20BrClN2O2. The molecule has 2 fully saturated rings. The predicted octanol–water partition coefficient (Wildman–Crippen LogP) is 2.52. The monoisotopic (exact) mass is 374 g/mol. The topological polar surface area (TPSA) is 41.6 Å². The quantitative estimate of drug-likeness (QED) is 0.863. The molecular weight excluding hydrogens is 356 g/mol. The Labute approximate surface area is 139 Å². The van der Waals surface area contributed by atoms with Crippen molar-refractivity contribution in [1.29, 1.82) is 0 Å². The van der Waals surface area contributed by atoms with Crippen LogP contribution in [0.1, 0.15) is 24.5 Å². The summed E-state index contributed by atoms with van der Waals surface area (Å²) >= 11 is 3.44. The second-order valence-electron chi connectivity index (χ2n) is 5.34. The Morgan fingerprint density at radius 3 is 2.76 bits per heavy atom. The van der Waals surface area contributed by atoms with Gasteiger partial charge >= 0.3 is 0 Å². The van der Waals surface area contributed by atoms with Crippen LogP contribution in [0.15, 0.2) is 28.7 Å². The molecule has 1 amide bonds. The first-order valence-corrected chi connectivity index (χ1v) is 7.92. The molecule has 2 saturated heterocycles. The van der Waals surface area contributed by atoms with Crippen LogP contribution in [0.2, 0.25) is 0 Å². The second kappa shape index (κ2) is 7.58. The normalized spacial score (nSPS) is 25.5. The molecule has 2 heterocycles. The first-order valence-electron chi connectivity index (χ1n) is 7.13. The number of morpholine rings is 1. The molecule has 1 aromatic rings. The van der Waals surface area contributed by atoms with E-state index in [0.29, 0.717) is 19.7 Å². The predicted molar refractivity (Wildman–Crippen MR) is 87.7 cm³/mol. The van der Waals surface area contributed by atoms with Gasteiger partial charge in [-0.15, -0.1) is 12.4 Å². The third-order valence-electron chi connectivity index (χ3n) is 3.98. The van der Waals surface area contributed by atoms with E-state index < -0.39 is 0 Å². The van der Waals surface area contributed by atoms with E-state index in [2.05, 4.69) is 33.4 Å². The van der Waals surface area contributed by atoms with E-state index in [9.17, 15) is 4.79 Å². The van der Waals surface area contributed by atoms with Crippen molar-refractivity contribution in [2.45, 2.75) is 25.0 Å². The first kappa shape index (κ1) is 16.7. The van der Waals surface area contributed by atoms with E-state index in [4.69, 9.17) is 4.74 Å². The van der Waals surface area contributed by atoms with Gasteiger partial charge in [-0.2, -0.15) is 0 Å². The van der Waals surface area contributed by atoms with Gasteiger partial charge in [0, 0.05) is 11.0 Å². The molecule has 0 bridgehead atoms. The Morgan fingerprint density at radius 1 is 1.33 bits per heavy atom. The summed E-state index contributed by atoms with van der Waals surface area (Å²) in [7, 11) is 0. The van der Waals surface area contributed by atoms with E-state index in [0.717, 1.165) is 29.4 Å². The lowest BCUT2D eigenvalue weighted by Crippen LogP contribution is -2.49. The van der Waals surface area contributed by atoms with Crippen LogP contribution in [-0.4, -0.2) is 43.1 Å². The highest BCUT2D eigenvalue weighted by atomic mass is 79.9. The second-order valence-corrected chi connectivity index (χ2v) is 6.26. The van der Waals surface area contributed by atoms with Crippen molar-refractivity contribution in [2.24, 2.45) is 0 Å². The Hall–Kier alpha value is -0.620. The fourth-order valence-electron chi connectivity index (χ4n) is 2.84. The van der Waals surface area contributed by atoms with Crippen molar-refractivity contribution in [2.75, 3.05) is 26.2 Å². The first-order chi connectivity index (χ1) is 9.74. The standard InChI is InChI=1S/C15H19BrN2O2.ClH/c16-12-5-3-11(4-6-12)14-10-18(8-9-20-14)15(19)13-2-1-7-17-13;/h3-6,13-14,17H,1-2,7-10H2;1H. The number of hydrogen-bond acceptors (Lipinski definition) is 3. The Bertz CT molecular complexity index is 477. The van der Waals surface area contributed by atoms with E-state index >= 15 is 0 Å². The molecule has 0 saturated carbocycles. The van der Waals surface area contributed by atoms with Crippen LogP contribution in [0.5, 0.6) is 0 Å². The molecule has 2 atom stereocenters. The molecule has 2 aliphatic heterocycles. The largest absolute Gasteiger partial charge is 0.370 e. The summed E-state index contributed by atoms with van der Waals surface area (Å²) in [5, 5.41) is 3.28. The number of amides is 1. The molecule has 4 nitrogen and oxygen atoms in total. The zero-order valence-electron chi connectivity index (χ0n) is 11.8. The summed E-state index contributed by atoms with van der Waals surface area (Å²) in [5.41, 5.74) is 1.13. The van der Waals surface area contributed by atoms with Gasteiger partial charge in [-0.3, -0.25) is 4.79 Å². The van der Waals surface area contributed by atoms with Crippen molar-refractivity contribution in [1.82, 2.24) is 10.2 Å². The van der Waals surface area contributed by atoms with Crippen LogP contribution >= 0.6 is 28.3 Å². The number of halogens is 2. The van der Waals surface area contributed by atoms with Gasteiger partial charge in [0.1, 0.15) is 6.10 Å². The maximum atomic E-state index is 12.4. The van der Waals surface area contributed by atoms with Crippen LogP contribution in [0.4, 0.5) is 0 Å². The van der Waals surface area contributed by atoms with Gasteiger partial charge < -0.3 is 15.0 Å². The number of ether oxygens (including phenoxy) is 1. The average molecular weight is 376 g/mol. The zero-order chi connectivity index (χ0) is 13.9. The summed E-state index contributed by atoms with van der Waals surface area (Å²) in [6.07, 6.45) is 2.04. The maximum absolute atomic E-state index is 12.4. The average Bonchev–Trinajstić information content (AvgIpc) is 3.01. The molecule has 6 heteroatoms. The van der Waals surface area contributed by atoms with E-state index in [1.807, 2.05) is 17.0 Å². The molecule has 0 aliphatic carbocycles. The number of carbonyl (C=O) groups excluding carboxylic acids is 1. The molecule has 2 aliphatic rings. The fraction of sp³-hybridized carbons (Fsp3) is 0.533. The lowest BCUT2D eigenvalue weighted by molar-refractivity contribution is -0.140. The van der Waals surface area contributed by atoms with Gasteiger partial charge in [-0.25, -0.2) is 0 Å². The van der Waals surface area contributed by atoms with Gasteiger partial charge in [0.05, 0.1) is 19.2 Å². The van der Waals surface area contributed by atoms with Crippen molar-refractivity contribution in [3.63, 3.8) is 0 Å². The van der Waals surface area contributed by atoms with Crippen LogP contribution in [-0.2, 0) is 9.53 Å². The van der Waals surface area contributed by atoms with Gasteiger partial charge in [0.25, 0.3) is 0 Å². The fourth-order valence-corrected chi connectivity index (χ4v) is 3.11. The minimum atomic E-state index is -0.0118. The van der Waals surface area contributed by atoms with E-state index in [1.165, 1.54) is 0 Å². The smallest absolute Gasteiger partial charge is 0.239 e. The Morgan fingerprint density at radius 2 is 2.10 bits per heavy atom. The highest BCUT2D eigenvalue weighted by Crippen LogP contribution is 2.24. The number of rotatable bonds is 2. The van der Waals surface area contributed by atoms with Gasteiger partial charge in [0.2, 0.25) is 5.91 Å². The summed E-state index contributed by atoms with van der Waals surface area (Å²) in [6.45, 7) is 2.92. The van der Waals surface area contributed by atoms with Gasteiger partial charge in [-0.1, -0.05) is 28.1 Å². The third kappa shape index (κ3) is 3.97. The van der Waals surface area contributed by atoms with Crippen LogP contribution < -0.4 is 5.32 Å². The van der Waals surface area contributed by atoms with Crippen LogP contribution in [0, 0.1) is 0 Å². The molecule has 1 N–H and O–H groups in total. The van der Waals surface area contributed by atoms with Crippen molar-refractivity contribution >= 4 is 34.2 Å². The summed E-state index contributed by atoms with van der Waals surface area (Å²) in [6, 6.07) is 8.14. The minimum absolute atomic E-state index is 0. The minimum Gasteiger partial charge on any atom is -0.370 e. The lowest BCUT2D eigenvalue weighted by atomic mass is 10.1. The summed E-state index contributed by atoms with van der Waals surface area (Å²) < 4.78 is 6.87.